The summed E-state index contributed by atoms with van der Waals surface area (Å²) in [5.74, 6) is -2.74. The topological polar surface area (TPSA) is 70.3 Å². The van der Waals surface area contributed by atoms with E-state index in [2.05, 4.69) is 0 Å². The molecule has 1 saturated carbocycles. The van der Waals surface area contributed by atoms with Gasteiger partial charge in [-0.1, -0.05) is 61.9 Å². The van der Waals surface area contributed by atoms with E-state index in [1.165, 1.54) is 19.9 Å². The van der Waals surface area contributed by atoms with E-state index in [1.54, 1.807) is 42.5 Å². The van der Waals surface area contributed by atoms with E-state index >= 15 is 0 Å². The van der Waals surface area contributed by atoms with Crippen LogP contribution in [-0.2, 0) is 4.79 Å². The van der Waals surface area contributed by atoms with Crippen LogP contribution in [0.4, 0.5) is 13.2 Å². The third-order valence-electron chi connectivity index (χ3n) is 5.94. The Balaban J connectivity index is 2.03. The molecular formula is C23H19ClF3NO3. The minimum Gasteiger partial charge on any atom is -0.481 e. The first-order valence-corrected chi connectivity index (χ1v) is 9.74. The van der Waals surface area contributed by atoms with Gasteiger partial charge < -0.3 is 9.84 Å². The van der Waals surface area contributed by atoms with Gasteiger partial charge in [-0.15, -0.1) is 0 Å². The highest BCUT2D eigenvalue weighted by atomic mass is 35.5. The van der Waals surface area contributed by atoms with E-state index in [0.717, 1.165) is 0 Å². The molecule has 0 saturated heterocycles. The van der Waals surface area contributed by atoms with Crippen molar-refractivity contribution in [3.8, 4) is 17.6 Å². The average Bonchev–Trinajstić information content (AvgIpc) is 3.18. The SMILES string of the molecule is CC1(C)[C@H](/C=C(/Cl)C(F)(F)F)[C@]1(C(=O)O)[C@H](C#N)c1cccc(Oc2ccccc2)c1. The number of aliphatic carboxylic acids is 1. The third kappa shape index (κ3) is 3.88. The van der Waals surface area contributed by atoms with E-state index in [4.69, 9.17) is 16.3 Å². The molecule has 3 atom stereocenters. The summed E-state index contributed by atoms with van der Waals surface area (Å²) in [5, 5.41) is 18.6. The van der Waals surface area contributed by atoms with Crippen molar-refractivity contribution >= 4 is 17.6 Å². The van der Waals surface area contributed by atoms with Gasteiger partial charge in [0.05, 0.1) is 12.0 Å². The first kappa shape index (κ1) is 22.7. The van der Waals surface area contributed by atoms with Crippen molar-refractivity contribution in [2.75, 3.05) is 0 Å². The first-order valence-electron chi connectivity index (χ1n) is 9.36. The van der Waals surface area contributed by atoms with E-state index in [0.29, 0.717) is 23.1 Å². The molecule has 8 heteroatoms. The van der Waals surface area contributed by atoms with E-state index in [9.17, 15) is 28.3 Å². The minimum absolute atomic E-state index is 0.338. The molecule has 0 radical (unpaired) electrons. The van der Waals surface area contributed by atoms with Gasteiger partial charge in [0.15, 0.2) is 0 Å². The smallest absolute Gasteiger partial charge is 0.426 e. The van der Waals surface area contributed by atoms with Gasteiger partial charge in [-0.2, -0.15) is 18.4 Å². The lowest BCUT2D eigenvalue weighted by Gasteiger charge is -2.22. The fraction of sp³-hybridized carbons (Fsp3) is 0.304. The van der Waals surface area contributed by atoms with Crippen molar-refractivity contribution in [2.45, 2.75) is 25.9 Å². The molecule has 31 heavy (non-hydrogen) atoms. The molecular weight excluding hydrogens is 431 g/mol. The van der Waals surface area contributed by atoms with Crippen molar-refractivity contribution in [1.29, 1.82) is 5.26 Å². The highest BCUT2D eigenvalue weighted by Crippen LogP contribution is 2.75. The van der Waals surface area contributed by atoms with Gasteiger partial charge in [0.1, 0.15) is 21.9 Å². The largest absolute Gasteiger partial charge is 0.481 e. The molecule has 0 aromatic heterocycles. The van der Waals surface area contributed by atoms with Gasteiger partial charge in [-0.3, -0.25) is 4.79 Å². The number of halogens is 4. The molecule has 0 heterocycles. The molecule has 2 aromatic carbocycles. The molecule has 1 N–H and O–H groups in total. The fourth-order valence-corrected chi connectivity index (χ4v) is 4.45. The molecule has 4 nitrogen and oxygen atoms in total. The van der Waals surface area contributed by atoms with Crippen LogP contribution in [0.3, 0.4) is 0 Å². The number of ether oxygens (including phenoxy) is 1. The van der Waals surface area contributed by atoms with Crippen molar-refractivity contribution in [3.05, 3.63) is 71.3 Å². The number of carboxylic acids is 1. The maximum absolute atomic E-state index is 13.0. The molecule has 3 rings (SSSR count). The van der Waals surface area contributed by atoms with Crippen LogP contribution in [0.1, 0.15) is 25.3 Å². The van der Waals surface area contributed by atoms with Crippen molar-refractivity contribution in [3.63, 3.8) is 0 Å². The van der Waals surface area contributed by atoms with Crippen LogP contribution in [0.25, 0.3) is 0 Å². The predicted molar refractivity (Wildman–Crippen MR) is 109 cm³/mol. The van der Waals surface area contributed by atoms with E-state index in [1.807, 2.05) is 12.1 Å². The molecule has 0 amide bonds. The zero-order chi connectivity index (χ0) is 23.0. The summed E-state index contributed by atoms with van der Waals surface area (Å²) in [5.41, 5.74) is -2.58. The Bertz CT molecular complexity index is 1060. The minimum atomic E-state index is -4.80. The number of para-hydroxylation sites is 1. The molecule has 1 fully saturated rings. The summed E-state index contributed by atoms with van der Waals surface area (Å²) in [7, 11) is 0. The van der Waals surface area contributed by atoms with Gasteiger partial charge in [-0.25, -0.2) is 0 Å². The fourth-order valence-electron chi connectivity index (χ4n) is 4.32. The number of rotatable bonds is 6. The second-order valence-electron chi connectivity index (χ2n) is 7.94. The Morgan fingerprint density at radius 2 is 1.81 bits per heavy atom. The average molecular weight is 450 g/mol. The summed E-state index contributed by atoms with van der Waals surface area (Å²) >= 11 is 5.40. The van der Waals surface area contributed by atoms with Crippen molar-refractivity contribution in [1.82, 2.24) is 0 Å². The van der Waals surface area contributed by atoms with Gasteiger partial charge in [0.2, 0.25) is 0 Å². The standard InChI is InChI=1S/C23H19ClF3NO3/c1-21(2)18(12-19(24)23(25,26)27)22(21,20(29)30)17(13-28)14-7-6-10-16(11-14)31-15-8-4-3-5-9-15/h3-12,17-18H,1-2H3,(H,29,30)/b19-12+/t17-,18+,22+/m1/s1. The lowest BCUT2D eigenvalue weighted by Crippen LogP contribution is -2.29. The maximum Gasteiger partial charge on any atom is 0.426 e. The molecule has 0 spiro atoms. The molecule has 0 bridgehead atoms. The molecule has 1 aliphatic carbocycles. The highest BCUT2D eigenvalue weighted by molar-refractivity contribution is 6.30. The van der Waals surface area contributed by atoms with Crippen molar-refractivity contribution < 1.29 is 27.8 Å². The number of allylic oxidation sites excluding steroid dienone is 2. The summed E-state index contributed by atoms with van der Waals surface area (Å²) < 4.78 is 44.7. The zero-order valence-corrected chi connectivity index (χ0v) is 17.4. The van der Waals surface area contributed by atoms with Crippen molar-refractivity contribution in [2.24, 2.45) is 16.7 Å². The Morgan fingerprint density at radius 1 is 1.19 bits per heavy atom. The second-order valence-corrected chi connectivity index (χ2v) is 8.34. The lowest BCUT2D eigenvalue weighted by molar-refractivity contribution is -0.145. The molecule has 162 valence electrons. The maximum atomic E-state index is 13.0. The Morgan fingerprint density at radius 3 is 2.35 bits per heavy atom. The Hall–Kier alpha value is -2.98. The lowest BCUT2D eigenvalue weighted by atomic mass is 9.78. The van der Waals surface area contributed by atoms with Crippen LogP contribution in [0.2, 0.25) is 0 Å². The summed E-state index contributed by atoms with van der Waals surface area (Å²) in [4.78, 5) is 12.4. The van der Waals surface area contributed by atoms with Gasteiger partial charge in [0, 0.05) is 5.92 Å². The van der Waals surface area contributed by atoms with Crippen LogP contribution in [0, 0.1) is 28.1 Å². The first-order chi connectivity index (χ1) is 14.5. The molecule has 1 aliphatic rings. The van der Waals surface area contributed by atoms with Crippen LogP contribution in [-0.4, -0.2) is 17.3 Å². The number of benzene rings is 2. The summed E-state index contributed by atoms with van der Waals surface area (Å²) in [6, 6.07) is 17.2. The zero-order valence-electron chi connectivity index (χ0n) is 16.7. The molecule has 0 unspecified atom stereocenters. The monoisotopic (exact) mass is 449 g/mol. The summed E-state index contributed by atoms with van der Waals surface area (Å²) in [6.45, 7) is 3.05. The van der Waals surface area contributed by atoms with E-state index < -0.39 is 39.8 Å². The third-order valence-corrected chi connectivity index (χ3v) is 6.28. The predicted octanol–water partition coefficient (Wildman–Crippen LogP) is 6.50. The Labute approximate surface area is 182 Å². The second kappa shape index (κ2) is 7.93. The summed E-state index contributed by atoms with van der Waals surface area (Å²) in [6.07, 6.45) is -4.08. The number of hydrogen-bond acceptors (Lipinski definition) is 3. The Kier molecular flexibility index (Phi) is 5.81. The number of alkyl halides is 3. The highest BCUT2D eigenvalue weighted by Gasteiger charge is 2.78. The van der Waals surface area contributed by atoms with Gasteiger partial charge in [0.25, 0.3) is 0 Å². The molecule has 0 aliphatic heterocycles. The number of nitrogens with zero attached hydrogens (tertiary/aromatic N) is 1. The quantitative estimate of drug-likeness (QED) is 0.546. The normalized spacial score (nSPS) is 23.5. The van der Waals surface area contributed by atoms with Crippen LogP contribution in [0.15, 0.2) is 65.7 Å². The van der Waals surface area contributed by atoms with Crippen LogP contribution in [0.5, 0.6) is 11.5 Å². The van der Waals surface area contributed by atoms with Crippen LogP contribution >= 0.6 is 11.6 Å². The number of carboxylic acid groups (broad SMARTS) is 1. The number of hydrogen-bond donors (Lipinski definition) is 1. The van der Waals surface area contributed by atoms with Gasteiger partial charge in [-0.05, 0) is 35.2 Å². The molecule has 2 aromatic rings. The van der Waals surface area contributed by atoms with E-state index in [-0.39, 0.29) is 0 Å². The number of carbonyl (C=O) groups is 1. The van der Waals surface area contributed by atoms with Crippen LogP contribution < -0.4 is 4.74 Å². The number of nitriles is 1. The van der Waals surface area contributed by atoms with Gasteiger partial charge >= 0.3 is 12.1 Å².